The van der Waals surface area contributed by atoms with Crippen molar-refractivity contribution in [2.24, 2.45) is 0 Å². The number of hydrogen-bond acceptors (Lipinski definition) is 5. The summed E-state index contributed by atoms with van der Waals surface area (Å²) in [6.45, 7) is 4.65. The maximum Gasteiger partial charge on any atom is 0.0971 e. The van der Waals surface area contributed by atoms with E-state index in [9.17, 15) is 0 Å². The van der Waals surface area contributed by atoms with Crippen LogP contribution in [0.2, 0.25) is 0 Å². The Labute approximate surface area is 283 Å². The van der Waals surface area contributed by atoms with Gasteiger partial charge in [0.25, 0.3) is 0 Å². The van der Waals surface area contributed by atoms with E-state index in [-0.39, 0.29) is 5.41 Å². The van der Waals surface area contributed by atoms with Gasteiger partial charge < -0.3 is 0 Å². The third kappa shape index (κ3) is 4.15. The molecule has 1 aliphatic carbocycles. The lowest BCUT2D eigenvalue weighted by molar-refractivity contribution is 0.660. The number of benzene rings is 4. The molecule has 230 valence electrons. The van der Waals surface area contributed by atoms with Crippen LogP contribution in [0.15, 0.2) is 140 Å². The molecule has 0 atom stereocenters. The van der Waals surface area contributed by atoms with Crippen LogP contribution in [0, 0.1) is 0 Å². The number of pyridine rings is 5. The van der Waals surface area contributed by atoms with E-state index in [1.807, 2.05) is 36.9 Å². The van der Waals surface area contributed by atoms with Crippen molar-refractivity contribution in [3.05, 3.63) is 151 Å². The van der Waals surface area contributed by atoms with Gasteiger partial charge in [0.2, 0.25) is 0 Å². The topological polar surface area (TPSA) is 64.5 Å². The highest BCUT2D eigenvalue weighted by atomic mass is 14.8. The Morgan fingerprint density at radius 2 is 0.980 bits per heavy atom. The smallest absolute Gasteiger partial charge is 0.0971 e. The molecule has 49 heavy (non-hydrogen) atoms. The van der Waals surface area contributed by atoms with E-state index in [1.165, 1.54) is 22.3 Å². The molecule has 5 aromatic heterocycles. The molecule has 1 aliphatic rings. The summed E-state index contributed by atoms with van der Waals surface area (Å²) in [5.74, 6) is 0. The number of aromatic nitrogens is 5. The number of hydrogen-bond donors (Lipinski definition) is 0. The minimum atomic E-state index is -0.106. The van der Waals surface area contributed by atoms with Gasteiger partial charge in [-0.2, -0.15) is 0 Å². The highest BCUT2D eigenvalue weighted by Crippen LogP contribution is 2.50. The lowest BCUT2D eigenvalue weighted by Gasteiger charge is -2.22. The summed E-state index contributed by atoms with van der Waals surface area (Å²) in [5, 5.41) is 4.16. The molecule has 0 saturated heterocycles. The molecule has 0 aliphatic heterocycles. The van der Waals surface area contributed by atoms with Crippen LogP contribution < -0.4 is 0 Å². The Bertz CT molecular complexity index is 2680. The molecule has 0 unspecified atom stereocenters. The van der Waals surface area contributed by atoms with Gasteiger partial charge in [-0.3, -0.25) is 19.9 Å². The van der Waals surface area contributed by atoms with Crippen molar-refractivity contribution in [1.82, 2.24) is 24.9 Å². The van der Waals surface area contributed by atoms with Gasteiger partial charge in [0.1, 0.15) is 0 Å². The zero-order chi connectivity index (χ0) is 32.7. The molecular formula is C44H29N5. The van der Waals surface area contributed by atoms with Gasteiger partial charge in [0.05, 0.1) is 33.5 Å². The molecule has 4 aromatic carbocycles. The molecule has 0 radical (unpaired) electrons. The van der Waals surface area contributed by atoms with Gasteiger partial charge in [0, 0.05) is 62.9 Å². The van der Waals surface area contributed by atoms with Crippen LogP contribution in [-0.4, -0.2) is 24.9 Å². The average molecular weight is 628 g/mol. The van der Waals surface area contributed by atoms with Crippen LogP contribution in [0.1, 0.15) is 25.0 Å². The maximum absolute atomic E-state index is 5.40. The van der Waals surface area contributed by atoms with E-state index < -0.39 is 0 Å². The van der Waals surface area contributed by atoms with Crippen LogP contribution >= 0.6 is 0 Å². The van der Waals surface area contributed by atoms with Crippen LogP contribution in [0.4, 0.5) is 0 Å². The normalized spacial score (nSPS) is 13.3. The van der Waals surface area contributed by atoms with E-state index in [4.69, 9.17) is 24.9 Å². The summed E-state index contributed by atoms with van der Waals surface area (Å²) < 4.78 is 0. The highest BCUT2D eigenvalue weighted by Gasteiger charge is 2.35. The summed E-state index contributed by atoms with van der Waals surface area (Å²) in [5.41, 5.74) is 14.8. The van der Waals surface area contributed by atoms with Crippen LogP contribution in [-0.2, 0) is 5.41 Å². The number of fused-ring (bicyclic) bond motifs is 9. The Hall–Kier alpha value is -6.33. The largest absolute Gasteiger partial charge is 0.254 e. The van der Waals surface area contributed by atoms with Crippen LogP contribution in [0.25, 0.3) is 88.4 Å². The average Bonchev–Trinajstić information content (AvgIpc) is 3.39. The molecule has 0 fully saturated rings. The zero-order valence-corrected chi connectivity index (χ0v) is 27.0. The number of nitrogens with zero attached hydrogens (tertiary/aromatic N) is 5. The second kappa shape index (κ2) is 10.3. The summed E-state index contributed by atoms with van der Waals surface area (Å²) in [7, 11) is 0. The molecule has 10 rings (SSSR count). The Morgan fingerprint density at radius 1 is 0.408 bits per heavy atom. The highest BCUT2D eigenvalue weighted by molar-refractivity contribution is 6.09. The fourth-order valence-electron chi connectivity index (χ4n) is 7.81. The fraction of sp³-hybridized carbons (Fsp3) is 0.0682. The summed E-state index contributed by atoms with van der Waals surface area (Å²) >= 11 is 0. The minimum absolute atomic E-state index is 0.106. The molecule has 0 spiro atoms. The quantitative estimate of drug-likeness (QED) is 0.182. The summed E-state index contributed by atoms with van der Waals surface area (Å²) in [6.07, 6.45) is 7.39. The Morgan fingerprint density at radius 3 is 1.61 bits per heavy atom. The predicted octanol–water partition coefficient (Wildman–Crippen LogP) is 10.6. The van der Waals surface area contributed by atoms with Gasteiger partial charge >= 0.3 is 0 Å². The second-order valence-electron chi connectivity index (χ2n) is 13.3. The zero-order valence-electron chi connectivity index (χ0n) is 27.0. The Kier molecular flexibility index (Phi) is 5.85. The van der Waals surface area contributed by atoms with Crippen LogP contribution in [0.3, 0.4) is 0 Å². The SMILES string of the molecule is CC1(C)c2ccccc2-c2ccc(-c3cc(-c4ccnc5c4ccc4cccnc45)nc(-c4ccnc5c4ccc4cccnc45)c3)cc21. The molecule has 9 aromatic rings. The first-order chi connectivity index (χ1) is 24.0. The third-order valence-electron chi connectivity index (χ3n) is 10.3. The second-order valence-corrected chi connectivity index (χ2v) is 13.3. The van der Waals surface area contributed by atoms with E-state index >= 15 is 0 Å². The van der Waals surface area contributed by atoms with Crippen molar-refractivity contribution < 1.29 is 0 Å². The molecular weight excluding hydrogens is 599 g/mol. The monoisotopic (exact) mass is 627 g/mol. The van der Waals surface area contributed by atoms with Crippen molar-refractivity contribution in [2.75, 3.05) is 0 Å². The van der Waals surface area contributed by atoms with E-state index in [1.54, 1.807) is 0 Å². The predicted molar refractivity (Wildman–Crippen MR) is 199 cm³/mol. The first-order valence-electron chi connectivity index (χ1n) is 16.6. The van der Waals surface area contributed by atoms with Crippen molar-refractivity contribution in [3.8, 4) is 44.8 Å². The van der Waals surface area contributed by atoms with E-state index in [0.717, 1.165) is 77.3 Å². The third-order valence-corrected chi connectivity index (χ3v) is 10.3. The first-order valence-corrected chi connectivity index (χ1v) is 16.6. The summed E-state index contributed by atoms with van der Waals surface area (Å²) in [4.78, 5) is 24.4. The first kappa shape index (κ1) is 27.8. The standard InChI is InChI=1S/C44H29N5/c1-44(2)36-10-4-3-9-30(36)31-14-13-28(23-37(31)44)29-24-38(32-17-21-47-42-34(32)15-11-26-7-5-19-45-40(26)42)49-39(25-29)33-18-22-48-43-35(33)16-12-27-8-6-20-46-41(27)43/h3-25H,1-2H3. The van der Waals surface area contributed by atoms with Gasteiger partial charge in [-0.15, -0.1) is 0 Å². The maximum atomic E-state index is 5.40. The van der Waals surface area contributed by atoms with E-state index in [0.29, 0.717) is 0 Å². The molecule has 5 heterocycles. The molecule has 0 bridgehead atoms. The van der Waals surface area contributed by atoms with Crippen molar-refractivity contribution in [2.45, 2.75) is 19.3 Å². The fourth-order valence-corrected chi connectivity index (χ4v) is 7.81. The van der Waals surface area contributed by atoms with E-state index in [2.05, 4.69) is 117 Å². The van der Waals surface area contributed by atoms with Crippen molar-refractivity contribution in [1.29, 1.82) is 0 Å². The van der Waals surface area contributed by atoms with Gasteiger partial charge in [-0.05, 0) is 75.8 Å². The molecule has 5 nitrogen and oxygen atoms in total. The lowest BCUT2D eigenvalue weighted by atomic mass is 9.81. The molecule has 0 N–H and O–H groups in total. The number of rotatable bonds is 3. The lowest BCUT2D eigenvalue weighted by Crippen LogP contribution is -2.14. The van der Waals surface area contributed by atoms with Crippen molar-refractivity contribution in [3.63, 3.8) is 0 Å². The molecule has 0 amide bonds. The van der Waals surface area contributed by atoms with Crippen molar-refractivity contribution >= 4 is 43.6 Å². The molecule has 5 heteroatoms. The summed E-state index contributed by atoms with van der Waals surface area (Å²) in [6, 6.07) is 40.9. The van der Waals surface area contributed by atoms with Gasteiger partial charge in [-0.1, -0.05) is 86.6 Å². The Balaban J connectivity index is 1.24. The molecule has 0 saturated carbocycles. The van der Waals surface area contributed by atoms with Gasteiger partial charge in [-0.25, -0.2) is 4.98 Å². The van der Waals surface area contributed by atoms with Gasteiger partial charge in [0.15, 0.2) is 0 Å². The minimum Gasteiger partial charge on any atom is -0.254 e. The van der Waals surface area contributed by atoms with Crippen LogP contribution in [0.5, 0.6) is 0 Å².